The monoisotopic (exact) mass is 356 g/mol. The highest BCUT2D eigenvalue weighted by atomic mass is 32.2. The van der Waals surface area contributed by atoms with Gasteiger partial charge in [-0.05, 0) is 37.1 Å². The fourth-order valence-electron chi connectivity index (χ4n) is 2.63. The number of hydrogen-bond donors (Lipinski definition) is 1. The van der Waals surface area contributed by atoms with E-state index in [-0.39, 0.29) is 42.3 Å². The fourth-order valence-corrected chi connectivity index (χ4v) is 4.10. The first-order chi connectivity index (χ1) is 11.3. The van der Waals surface area contributed by atoms with Crippen molar-refractivity contribution in [3.8, 4) is 0 Å². The summed E-state index contributed by atoms with van der Waals surface area (Å²) in [4.78, 5) is 25.6. The van der Waals surface area contributed by atoms with Crippen LogP contribution in [0.2, 0.25) is 0 Å². The minimum absolute atomic E-state index is 0.0752. The molecule has 8 heteroatoms. The number of rotatable bonds is 5. The van der Waals surface area contributed by atoms with Gasteiger partial charge in [-0.25, -0.2) is 12.8 Å². The van der Waals surface area contributed by atoms with E-state index in [9.17, 15) is 22.4 Å². The van der Waals surface area contributed by atoms with Gasteiger partial charge in [-0.2, -0.15) is 0 Å². The maximum Gasteiger partial charge on any atom is 0.251 e. The Morgan fingerprint density at radius 2 is 1.79 bits per heavy atom. The summed E-state index contributed by atoms with van der Waals surface area (Å²) in [7, 11) is -1.30. The minimum atomic E-state index is -2.96. The molecule has 1 N–H and O–H groups in total. The van der Waals surface area contributed by atoms with Crippen LogP contribution in [0.3, 0.4) is 0 Å². The van der Waals surface area contributed by atoms with E-state index in [1.807, 2.05) is 0 Å². The predicted molar refractivity (Wildman–Crippen MR) is 87.8 cm³/mol. The van der Waals surface area contributed by atoms with E-state index < -0.39 is 15.7 Å². The van der Waals surface area contributed by atoms with E-state index in [2.05, 4.69) is 5.32 Å². The van der Waals surface area contributed by atoms with Crippen LogP contribution in [-0.2, 0) is 14.6 Å². The average molecular weight is 356 g/mol. The Morgan fingerprint density at radius 3 is 2.38 bits per heavy atom. The number of benzene rings is 1. The highest BCUT2D eigenvalue weighted by Gasteiger charge is 2.28. The summed E-state index contributed by atoms with van der Waals surface area (Å²) >= 11 is 0. The highest BCUT2D eigenvalue weighted by Crippen LogP contribution is 2.17. The molecule has 0 saturated carbocycles. The van der Waals surface area contributed by atoms with Crippen molar-refractivity contribution in [1.82, 2.24) is 10.2 Å². The number of hydrogen-bond acceptors (Lipinski definition) is 4. The van der Waals surface area contributed by atoms with E-state index >= 15 is 0 Å². The molecule has 0 atom stereocenters. The smallest absolute Gasteiger partial charge is 0.251 e. The minimum Gasteiger partial charge on any atom is -0.352 e. The molecule has 24 heavy (non-hydrogen) atoms. The van der Waals surface area contributed by atoms with Gasteiger partial charge in [0.15, 0.2) is 0 Å². The van der Waals surface area contributed by atoms with Crippen LogP contribution in [0.4, 0.5) is 4.39 Å². The van der Waals surface area contributed by atoms with Gasteiger partial charge in [-0.15, -0.1) is 0 Å². The van der Waals surface area contributed by atoms with Crippen molar-refractivity contribution in [2.75, 3.05) is 25.1 Å². The van der Waals surface area contributed by atoms with Crippen LogP contribution >= 0.6 is 0 Å². The first-order valence-electron chi connectivity index (χ1n) is 7.78. The van der Waals surface area contributed by atoms with E-state index in [0.29, 0.717) is 18.4 Å². The van der Waals surface area contributed by atoms with Crippen molar-refractivity contribution in [3.63, 3.8) is 0 Å². The standard InChI is InChI=1S/C16H21FN2O4S/c1-19(14-7-10-24(22,23)11-8-14)15(20)6-9-18-16(21)12-2-4-13(17)5-3-12/h2-5,14H,6-11H2,1H3,(H,18,21). The number of halogens is 1. The van der Waals surface area contributed by atoms with Crippen molar-refractivity contribution in [2.45, 2.75) is 25.3 Å². The Kier molecular flexibility index (Phi) is 5.93. The molecule has 1 aliphatic rings. The lowest BCUT2D eigenvalue weighted by molar-refractivity contribution is -0.132. The molecule has 0 bridgehead atoms. The maximum absolute atomic E-state index is 12.8. The lowest BCUT2D eigenvalue weighted by Crippen LogP contribution is -2.43. The summed E-state index contributed by atoms with van der Waals surface area (Å²) in [6.07, 6.45) is 1.03. The molecular weight excluding hydrogens is 335 g/mol. The zero-order valence-corrected chi connectivity index (χ0v) is 14.3. The molecule has 0 radical (unpaired) electrons. The maximum atomic E-state index is 12.8. The molecule has 6 nitrogen and oxygen atoms in total. The Bertz CT molecular complexity index is 689. The van der Waals surface area contributed by atoms with Gasteiger partial charge in [0.05, 0.1) is 11.5 Å². The SMILES string of the molecule is CN(C(=O)CCNC(=O)c1ccc(F)cc1)C1CCS(=O)(=O)CC1. The predicted octanol–water partition coefficient (Wildman–Crippen LogP) is 0.981. The number of amides is 2. The molecule has 0 unspecified atom stereocenters. The molecule has 2 amide bonds. The lowest BCUT2D eigenvalue weighted by atomic mass is 10.1. The molecule has 132 valence electrons. The fraction of sp³-hybridized carbons (Fsp3) is 0.500. The molecule has 1 aromatic carbocycles. The van der Waals surface area contributed by atoms with Crippen LogP contribution in [-0.4, -0.2) is 56.3 Å². The van der Waals surface area contributed by atoms with Crippen LogP contribution < -0.4 is 5.32 Å². The molecule has 1 heterocycles. The molecular formula is C16H21FN2O4S. The zero-order chi connectivity index (χ0) is 17.7. The van der Waals surface area contributed by atoms with Crippen LogP contribution in [0.1, 0.15) is 29.6 Å². The van der Waals surface area contributed by atoms with Crippen LogP contribution in [0.5, 0.6) is 0 Å². The molecule has 0 aliphatic carbocycles. The van der Waals surface area contributed by atoms with E-state index in [1.54, 1.807) is 11.9 Å². The Morgan fingerprint density at radius 1 is 1.21 bits per heavy atom. The Labute approximate surface area is 140 Å². The summed E-state index contributed by atoms with van der Waals surface area (Å²) in [6.45, 7) is 0.171. The summed E-state index contributed by atoms with van der Waals surface area (Å²) < 4.78 is 35.6. The third-order valence-corrected chi connectivity index (χ3v) is 5.91. The largest absolute Gasteiger partial charge is 0.352 e. The lowest BCUT2D eigenvalue weighted by Gasteiger charge is -2.31. The number of carbonyl (C=O) groups is 2. The van der Waals surface area contributed by atoms with Gasteiger partial charge >= 0.3 is 0 Å². The number of sulfone groups is 1. The number of carbonyl (C=O) groups excluding carboxylic acids is 2. The van der Waals surface area contributed by atoms with Crippen molar-refractivity contribution in [3.05, 3.63) is 35.6 Å². The van der Waals surface area contributed by atoms with Crippen molar-refractivity contribution >= 4 is 21.7 Å². The van der Waals surface area contributed by atoms with E-state index in [1.165, 1.54) is 24.3 Å². The van der Waals surface area contributed by atoms with Crippen molar-refractivity contribution in [2.24, 2.45) is 0 Å². The van der Waals surface area contributed by atoms with Gasteiger partial charge < -0.3 is 10.2 Å². The summed E-state index contributed by atoms with van der Waals surface area (Å²) in [5.41, 5.74) is 0.328. The van der Waals surface area contributed by atoms with Gasteiger partial charge in [0.1, 0.15) is 15.7 Å². The van der Waals surface area contributed by atoms with Crippen LogP contribution in [0.15, 0.2) is 24.3 Å². The number of nitrogens with zero attached hydrogens (tertiary/aromatic N) is 1. The average Bonchev–Trinajstić information content (AvgIpc) is 2.54. The van der Waals surface area contributed by atoms with Gasteiger partial charge in [0, 0.05) is 31.6 Å². The second kappa shape index (κ2) is 7.74. The second-order valence-electron chi connectivity index (χ2n) is 5.90. The topological polar surface area (TPSA) is 83.6 Å². The highest BCUT2D eigenvalue weighted by molar-refractivity contribution is 7.91. The van der Waals surface area contributed by atoms with Gasteiger partial charge in [0.25, 0.3) is 5.91 Å². The van der Waals surface area contributed by atoms with E-state index in [4.69, 9.17) is 0 Å². The first kappa shape index (κ1) is 18.4. The van der Waals surface area contributed by atoms with Crippen LogP contribution in [0, 0.1) is 5.82 Å². The van der Waals surface area contributed by atoms with E-state index in [0.717, 1.165) is 0 Å². The number of nitrogens with one attached hydrogen (secondary N) is 1. The van der Waals surface area contributed by atoms with Crippen molar-refractivity contribution < 1.29 is 22.4 Å². The molecule has 2 rings (SSSR count). The second-order valence-corrected chi connectivity index (χ2v) is 8.20. The summed E-state index contributed by atoms with van der Waals surface area (Å²) in [5.74, 6) is -0.710. The van der Waals surface area contributed by atoms with Gasteiger partial charge in [-0.1, -0.05) is 0 Å². The molecule has 0 spiro atoms. The zero-order valence-electron chi connectivity index (χ0n) is 13.5. The molecule has 1 saturated heterocycles. The first-order valence-corrected chi connectivity index (χ1v) is 9.60. The van der Waals surface area contributed by atoms with Gasteiger partial charge in [0.2, 0.25) is 5.91 Å². The molecule has 1 fully saturated rings. The third-order valence-electron chi connectivity index (χ3n) is 4.20. The third kappa shape index (κ3) is 5.02. The Balaban J connectivity index is 1.76. The Hall–Kier alpha value is -1.96. The van der Waals surface area contributed by atoms with Crippen molar-refractivity contribution in [1.29, 1.82) is 0 Å². The summed E-state index contributed by atoms with van der Waals surface area (Å²) in [5, 5.41) is 2.62. The normalized spacial score (nSPS) is 17.2. The summed E-state index contributed by atoms with van der Waals surface area (Å²) in [6, 6.07) is 5.08. The molecule has 1 aliphatic heterocycles. The molecule has 1 aromatic rings. The van der Waals surface area contributed by atoms with Crippen LogP contribution in [0.25, 0.3) is 0 Å². The quantitative estimate of drug-likeness (QED) is 0.852. The molecule has 0 aromatic heterocycles. The van der Waals surface area contributed by atoms with Gasteiger partial charge in [-0.3, -0.25) is 9.59 Å².